The van der Waals surface area contributed by atoms with Crippen molar-refractivity contribution in [2.24, 2.45) is 11.7 Å². The SMILES string of the molecule is CN(C/C=C/C(=O)N1CCC([C@@H]2CCNc3c(C(N)=O)c(-c4ccc(Oc5ccccc5)cc4)nn32)CC1)CCOCCOCCOCCOCCOCCOCCOCCOCCCCCCCCc1cc(Cl)cc(NC(=O)NCc2ccc3c(c2)CN(C2CCC(=O)NC2=O)C3=O)c1. The number of rotatable bonds is 45. The zero-order valence-electron chi connectivity index (χ0n) is 57.6. The standard InChI is InChI=1S/C74H99ClN10O15/c1-82(28-11-15-67(87)83-29-25-56(26-30-83)64-24-27-77-71-68(70(76)88)69(81-85(64)71)57-17-19-62(20-18-57)100-61-13-8-6-9-14-61)31-33-93-35-37-95-39-41-97-43-45-99-47-46-98-44-42-96-40-38-94-36-34-92-32-10-5-3-2-4-7-12-54-49-59(75)51-60(50-54)79-74(91)78-52-55-16-21-63-58(48-55)53-84(73(63)90)65-22-23-66(86)80-72(65)89/h6,8-9,11,13-21,48-51,56,64-65,77H,2-5,7,10,12,22-47,52-53H2,1H3,(H2,76,88)(H2,78,79,91)(H,80,86,89)/b15-11+/t64-,65?/m0/s1. The lowest BCUT2D eigenvalue weighted by molar-refractivity contribution is -0.137. The van der Waals surface area contributed by atoms with Crippen LogP contribution < -0.4 is 31.7 Å². The van der Waals surface area contributed by atoms with E-state index in [2.05, 4.69) is 26.2 Å². The average molecular weight is 1400 g/mol. The number of anilines is 2. The van der Waals surface area contributed by atoms with Gasteiger partial charge in [0.25, 0.3) is 11.8 Å². The molecule has 5 aromatic rings. The first-order valence-corrected chi connectivity index (χ1v) is 35.6. The van der Waals surface area contributed by atoms with Gasteiger partial charge in [-0.2, -0.15) is 5.10 Å². The van der Waals surface area contributed by atoms with E-state index in [4.69, 9.17) is 65.1 Å². The first-order valence-electron chi connectivity index (χ1n) is 35.2. The molecule has 9 rings (SSSR count). The van der Waals surface area contributed by atoms with Gasteiger partial charge < -0.3 is 79.0 Å². The molecule has 1 aromatic heterocycles. The van der Waals surface area contributed by atoms with Crippen molar-refractivity contribution in [3.05, 3.63) is 136 Å². The van der Waals surface area contributed by atoms with E-state index in [1.54, 1.807) is 24.3 Å². The molecule has 1 unspecified atom stereocenters. The molecule has 26 heteroatoms. The van der Waals surface area contributed by atoms with Crippen LogP contribution in [0.2, 0.25) is 5.02 Å². The Bertz CT molecular complexity index is 3420. The Hall–Kier alpha value is -7.82. The van der Waals surface area contributed by atoms with Crippen molar-refractivity contribution >= 4 is 58.7 Å². The molecule has 100 heavy (non-hydrogen) atoms. The molecule has 25 nitrogen and oxygen atoms in total. The van der Waals surface area contributed by atoms with Crippen LogP contribution in [0, 0.1) is 5.92 Å². The molecule has 4 aliphatic rings. The molecule has 0 bridgehead atoms. The monoisotopic (exact) mass is 1400 g/mol. The van der Waals surface area contributed by atoms with Gasteiger partial charge in [0.1, 0.15) is 34.6 Å². The van der Waals surface area contributed by atoms with Gasteiger partial charge in [0, 0.05) is 86.8 Å². The highest BCUT2D eigenvalue weighted by molar-refractivity contribution is 6.31. The van der Waals surface area contributed by atoms with Crippen LogP contribution in [-0.4, -0.2) is 212 Å². The van der Waals surface area contributed by atoms with Crippen LogP contribution in [0.3, 0.4) is 0 Å². The van der Waals surface area contributed by atoms with Gasteiger partial charge in [-0.15, -0.1) is 0 Å². The number of carbonyl (C=O) groups excluding carboxylic acids is 6. The van der Waals surface area contributed by atoms with Crippen molar-refractivity contribution < 1.29 is 71.4 Å². The Kier molecular flexibility index (Phi) is 31.9. The van der Waals surface area contributed by atoms with E-state index in [9.17, 15) is 28.8 Å². The fourth-order valence-corrected chi connectivity index (χ4v) is 12.8. The number of nitrogens with two attached hydrogens (primary N) is 1. The number of hydrogen-bond donors (Lipinski definition) is 5. The first kappa shape index (κ1) is 76.4. The number of imide groups is 1. The van der Waals surface area contributed by atoms with E-state index >= 15 is 0 Å². The van der Waals surface area contributed by atoms with Crippen molar-refractivity contribution in [3.63, 3.8) is 0 Å². The summed E-state index contributed by atoms with van der Waals surface area (Å²) in [4.78, 5) is 81.5. The first-order chi connectivity index (χ1) is 48.9. The molecule has 542 valence electrons. The summed E-state index contributed by atoms with van der Waals surface area (Å²) in [6.45, 7) is 11.9. The summed E-state index contributed by atoms with van der Waals surface area (Å²) >= 11 is 6.43. The van der Waals surface area contributed by atoms with Crippen LogP contribution in [0.15, 0.2) is 103 Å². The van der Waals surface area contributed by atoms with Crippen molar-refractivity contribution in [3.8, 4) is 22.8 Å². The summed E-state index contributed by atoms with van der Waals surface area (Å²) in [5.41, 5.74) is 11.4. The van der Waals surface area contributed by atoms with Crippen LogP contribution in [0.25, 0.3) is 11.3 Å². The molecular weight excluding hydrogens is 1300 g/mol. The summed E-state index contributed by atoms with van der Waals surface area (Å²) < 4.78 is 53.1. The Morgan fingerprint density at radius 1 is 0.680 bits per heavy atom. The number of para-hydroxylation sites is 1. The Labute approximate surface area is 591 Å². The fraction of sp³-hybridized carbons (Fsp3) is 0.527. The number of likely N-dealkylation sites (N-methyl/N-ethyl adjacent to an activating group) is 1. The zero-order chi connectivity index (χ0) is 70.1. The molecule has 4 aliphatic heterocycles. The van der Waals surface area contributed by atoms with E-state index < -0.39 is 17.9 Å². The lowest BCUT2D eigenvalue weighted by atomic mass is 9.87. The van der Waals surface area contributed by atoms with Gasteiger partial charge in [-0.3, -0.25) is 29.3 Å². The zero-order valence-corrected chi connectivity index (χ0v) is 58.4. The number of piperidine rings is 2. The van der Waals surface area contributed by atoms with Crippen LogP contribution in [0.5, 0.6) is 11.5 Å². The minimum absolute atomic E-state index is 0.0116. The molecule has 4 aromatic carbocycles. The van der Waals surface area contributed by atoms with E-state index in [1.807, 2.05) is 95.5 Å². The number of unbranched alkanes of at least 4 members (excludes halogenated alkanes) is 5. The van der Waals surface area contributed by atoms with Gasteiger partial charge >= 0.3 is 6.03 Å². The number of halogens is 1. The number of amides is 7. The lowest BCUT2D eigenvalue weighted by Crippen LogP contribution is -2.52. The highest BCUT2D eigenvalue weighted by Crippen LogP contribution is 2.41. The molecule has 5 heterocycles. The molecule has 0 saturated carbocycles. The van der Waals surface area contributed by atoms with E-state index in [0.29, 0.717) is 190 Å². The molecule has 2 saturated heterocycles. The number of nitrogens with one attached hydrogen (secondary N) is 4. The molecule has 0 spiro atoms. The number of benzene rings is 4. The third-order valence-corrected chi connectivity index (χ3v) is 18.1. The number of aryl methyl sites for hydroxylation is 1. The van der Waals surface area contributed by atoms with Crippen LogP contribution in [0.4, 0.5) is 16.3 Å². The minimum atomic E-state index is -0.680. The summed E-state index contributed by atoms with van der Waals surface area (Å²) in [5.74, 6) is 0.825. The third kappa shape index (κ3) is 24.8. The lowest BCUT2D eigenvalue weighted by Gasteiger charge is -2.38. The molecule has 2 atom stereocenters. The maximum atomic E-state index is 13.2. The molecule has 6 N–H and O–H groups in total. The number of primary amides is 1. The van der Waals surface area contributed by atoms with Crippen molar-refractivity contribution in [2.75, 3.05) is 156 Å². The van der Waals surface area contributed by atoms with E-state index in [0.717, 1.165) is 92.2 Å². The van der Waals surface area contributed by atoms with Gasteiger partial charge in [-0.1, -0.05) is 73.7 Å². The Morgan fingerprint density at radius 3 is 1.93 bits per heavy atom. The fourth-order valence-electron chi connectivity index (χ4n) is 12.6. The predicted octanol–water partition coefficient (Wildman–Crippen LogP) is 8.98. The van der Waals surface area contributed by atoms with Gasteiger partial charge in [-0.25, -0.2) is 9.48 Å². The molecular formula is C74H99ClN10O15. The Morgan fingerprint density at radius 2 is 1.29 bits per heavy atom. The number of likely N-dealkylation sites (tertiary alicyclic amines) is 1. The van der Waals surface area contributed by atoms with Crippen LogP contribution in [0.1, 0.15) is 114 Å². The number of ether oxygens (including phenoxy) is 9. The number of hydrogen-bond acceptors (Lipinski definition) is 18. The highest BCUT2D eigenvalue weighted by atomic mass is 35.5. The smallest absolute Gasteiger partial charge is 0.319 e. The molecule has 7 amide bonds. The summed E-state index contributed by atoms with van der Waals surface area (Å²) in [7, 11) is 2.00. The number of nitrogens with zero attached hydrogens (tertiary/aromatic N) is 5. The van der Waals surface area contributed by atoms with E-state index in [-0.39, 0.29) is 49.3 Å². The second kappa shape index (κ2) is 41.8. The van der Waals surface area contributed by atoms with Gasteiger partial charge in [0.05, 0.1) is 105 Å². The normalized spacial score (nSPS) is 16.2. The number of fused-ring (bicyclic) bond motifs is 2. The second-order valence-corrected chi connectivity index (χ2v) is 25.7. The predicted molar refractivity (Wildman–Crippen MR) is 379 cm³/mol. The summed E-state index contributed by atoms with van der Waals surface area (Å²) in [6.07, 6.45) is 13.9. The van der Waals surface area contributed by atoms with Crippen molar-refractivity contribution in [1.82, 2.24) is 35.1 Å². The Balaban J connectivity index is 0.482. The molecule has 0 radical (unpaired) electrons. The summed E-state index contributed by atoms with van der Waals surface area (Å²) in [5, 5.41) is 17.0. The average Bonchev–Trinajstić information content (AvgIpc) is 1.60. The second-order valence-electron chi connectivity index (χ2n) is 25.2. The van der Waals surface area contributed by atoms with Crippen molar-refractivity contribution in [2.45, 2.75) is 102 Å². The molecule has 0 aliphatic carbocycles. The quantitative estimate of drug-likeness (QED) is 0.0138. The maximum Gasteiger partial charge on any atom is 0.319 e. The van der Waals surface area contributed by atoms with Gasteiger partial charge in [-0.05, 0) is 135 Å². The number of urea groups is 1. The molecule has 2 fully saturated rings. The maximum absolute atomic E-state index is 13.2. The van der Waals surface area contributed by atoms with Crippen LogP contribution >= 0.6 is 11.6 Å². The van der Waals surface area contributed by atoms with E-state index in [1.165, 1.54) is 4.90 Å². The summed E-state index contributed by atoms with van der Waals surface area (Å²) in [6, 6.07) is 27.1. The highest BCUT2D eigenvalue weighted by Gasteiger charge is 2.40. The topological polar surface area (TPSA) is 287 Å². The van der Waals surface area contributed by atoms with Gasteiger partial charge in [0.2, 0.25) is 17.7 Å². The van der Waals surface area contributed by atoms with Crippen LogP contribution in [-0.2, 0) is 71.8 Å². The largest absolute Gasteiger partial charge is 0.457 e. The van der Waals surface area contributed by atoms with Gasteiger partial charge in [0.15, 0.2) is 0 Å². The number of aromatic nitrogens is 2. The number of carbonyl (C=O) groups is 6. The third-order valence-electron chi connectivity index (χ3n) is 17.9. The minimum Gasteiger partial charge on any atom is -0.457 e. The van der Waals surface area contributed by atoms with Crippen molar-refractivity contribution in [1.29, 1.82) is 0 Å².